The number of hydrogen-bond donors (Lipinski definition) is 0. The molecule has 1 unspecified atom stereocenters. The second-order valence-electron chi connectivity index (χ2n) is 3.35. The highest BCUT2D eigenvalue weighted by Gasteiger charge is 2.20. The third-order valence-electron chi connectivity index (χ3n) is 2.29. The van der Waals surface area contributed by atoms with Crippen molar-refractivity contribution in [2.24, 2.45) is 0 Å². The summed E-state index contributed by atoms with van der Waals surface area (Å²) in [5.41, 5.74) is -0.385. The molecule has 1 rings (SSSR count). The van der Waals surface area contributed by atoms with Gasteiger partial charge in [-0.3, -0.25) is 0 Å². The van der Waals surface area contributed by atoms with Crippen molar-refractivity contribution in [3.05, 3.63) is 35.1 Å². The number of aldehydes is 1. The molecule has 0 N–H and O–H groups in total. The van der Waals surface area contributed by atoms with E-state index in [0.29, 0.717) is 6.29 Å². The highest BCUT2D eigenvalue weighted by Crippen LogP contribution is 2.31. The van der Waals surface area contributed by atoms with Gasteiger partial charge in [0, 0.05) is 6.42 Å². The largest absolute Gasteiger partial charge is 0.303 e. The molecule has 0 saturated carbocycles. The van der Waals surface area contributed by atoms with Crippen molar-refractivity contribution in [3.63, 3.8) is 0 Å². The molecule has 1 atom stereocenters. The summed E-state index contributed by atoms with van der Waals surface area (Å²) in [6, 6.07) is 3.80. The maximum atomic E-state index is 13.1. The normalized spacial score (nSPS) is 12.9. The van der Waals surface area contributed by atoms with Crippen LogP contribution in [0.3, 0.4) is 0 Å². The SMILES string of the molecule is CC(CC=O)c1cccc(F)c1C(F)F. The molecule has 4 heteroatoms. The van der Waals surface area contributed by atoms with E-state index >= 15 is 0 Å². The van der Waals surface area contributed by atoms with E-state index < -0.39 is 17.8 Å². The molecule has 1 aromatic rings. The van der Waals surface area contributed by atoms with E-state index in [-0.39, 0.29) is 17.9 Å². The first-order valence-corrected chi connectivity index (χ1v) is 4.58. The van der Waals surface area contributed by atoms with E-state index in [4.69, 9.17) is 0 Å². The van der Waals surface area contributed by atoms with Crippen LogP contribution >= 0.6 is 0 Å². The fraction of sp³-hybridized carbons (Fsp3) is 0.364. The number of halogens is 3. The van der Waals surface area contributed by atoms with E-state index in [0.717, 1.165) is 6.07 Å². The average Bonchev–Trinajstić information content (AvgIpc) is 2.17. The van der Waals surface area contributed by atoms with Crippen LogP contribution in [-0.4, -0.2) is 6.29 Å². The van der Waals surface area contributed by atoms with Crippen LogP contribution in [0, 0.1) is 5.82 Å². The molecule has 82 valence electrons. The predicted molar refractivity (Wildman–Crippen MR) is 50.5 cm³/mol. The van der Waals surface area contributed by atoms with Gasteiger partial charge in [-0.05, 0) is 17.5 Å². The lowest BCUT2D eigenvalue weighted by Gasteiger charge is -2.14. The lowest BCUT2D eigenvalue weighted by molar-refractivity contribution is -0.108. The van der Waals surface area contributed by atoms with E-state index in [1.807, 2.05) is 0 Å². The fourth-order valence-corrected chi connectivity index (χ4v) is 1.48. The zero-order valence-corrected chi connectivity index (χ0v) is 8.21. The maximum Gasteiger partial charge on any atom is 0.266 e. The van der Waals surface area contributed by atoms with Gasteiger partial charge in [-0.25, -0.2) is 13.2 Å². The Hall–Kier alpha value is -1.32. The Morgan fingerprint density at radius 1 is 1.40 bits per heavy atom. The standard InChI is InChI=1S/C11H11F3O/c1-7(5-6-15)8-3-2-4-9(12)10(8)11(13)14/h2-4,6-7,11H,5H2,1H3. The molecule has 0 aromatic heterocycles. The molecule has 0 aliphatic rings. The molecule has 0 aliphatic carbocycles. The second kappa shape index (κ2) is 4.96. The van der Waals surface area contributed by atoms with Crippen LogP contribution in [-0.2, 0) is 4.79 Å². The molecular formula is C11H11F3O. The summed E-state index contributed by atoms with van der Waals surface area (Å²) in [4.78, 5) is 10.3. The zero-order chi connectivity index (χ0) is 11.4. The van der Waals surface area contributed by atoms with Gasteiger partial charge in [0.1, 0.15) is 12.1 Å². The van der Waals surface area contributed by atoms with Crippen molar-refractivity contribution in [3.8, 4) is 0 Å². The number of benzene rings is 1. The van der Waals surface area contributed by atoms with Crippen LogP contribution < -0.4 is 0 Å². The number of carbonyl (C=O) groups is 1. The summed E-state index contributed by atoms with van der Waals surface area (Å²) in [5, 5.41) is 0. The molecular weight excluding hydrogens is 205 g/mol. The highest BCUT2D eigenvalue weighted by molar-refractivity contribution is 5.52. The quantitative estimate of drug-likeness (QED) is 0.704. The first kappa shape index (κ1) is 11.8. The summed E-state index contributed by atoms with van der Waals surface area (Å²) in [6.07, 6.45) is -2.09. The van der Waals surface area contributed by atoms with E-state index in [9.17, 15) is 18.0 Å². The Bertz CT molecular complexity index is 350. The van der Waals surface area contributed by atoms with E-state index in [2.05, 4.69) is 0 Å². The Morgan fingerprint density at radius 3 is 2.60 bits per heavy atom. The minimum absolute atomic E-state index is 0.114. The Balaban J connectivity index is 3.16. The van der Waals surface area contributed by atoms with Gasteiger partial charge in [0.05, 0.1) is 5.56 Å². The Morgan fingerprint density at radius 2 is 2.07 bits per heavy atom. The summed E-state index contributed by atoms with van der Waals surface area (Å²) < 4.78 is 38.3. The molecule has 0 fully saturated rings. The van der Waals surface area contributed by atoms with Crippen LogP contribution in [0.25, 0.3) is 0 Å². The number of hydrogen-bond acceptors (Lipinski definition) is 1. The van der Waals surface area contributed by atoms with Crippen molar-refractivity contribution in [1.29, 1.82) is 0 Å². The molecule has 1 aromatic carbocycles. The summed E-state index contributed by atoms with van der Waals surface area (Å²) >= 11 is 0. The van der Waals surface area contributed by atoms with Crippen LogP contribution in [0.15, 0.2) is 18.2 Å². The molecule has 0 saturated heterocycles. The van der Waals surface area contributed by atoms with Gasteiger partial charge in [-0.2, -0.15) is 0 Å². The smallest absolute Gasteiger partial charge is 0.266 e. The number of carbonyl (C=O) groups excluding carboxylic acids is 1. The Kier molecular flexibility index (Phi) is 3.88. The topological polar surface area (TPSA) is 17.1 Å². The summed E-state index contributed by atoms with van der Waals surface area (Å²) in [6.45, 7) is 1.62. The molecule has 1 nitrogen and oxygen atoms in total. The fourth-order valence-electron chi connectivity index (χ4n) is 1.48. The van der Waals surface area contributed by atoms with Crippen LogP contribution in [0.5, 0.6) is 0 Å². The number of rotatable bonds is 4. The molecule has 0 aliphatic heterocycles. The van der Waals surface area contributed by atoms with Gasteiger partial charge in [0.2, 0.25) is 0 Å². The van der Waals surface area contributed by atoms with Crippen molar-refractivity contribution in [1.82, 2.24) is 0 Å². The maximum absolute atomic E-state index is 13.1. The monoisotopic (exact) mass is 216 g/mol. The first-order chi connectivity index (χ1) is 7.07. The molecule has 0 spiro atoms. The van der Waals surface area contributed by atoms with Gasteiger partial charge in [-0.1, -0.05) is 19.1 Å². The van der Waals surface area contributed by atoms with Crippen molar-refractivity contribution < 1.29 is 18.0 Å². The molecule has 15 heavy (non-hydrogen) atoms. The van der Waals surface area contributed by atoms with Gasteiger partial charge in [0.25, 0.3) is 6.43 Å². The van der Waals surface area contributed by atoms with Crippen molar-refractivity contribution in [2.75, 3.05) is 0 Å². The third kappa shape index (κ3) is 2.58. The second-order valence-corrected chi connectivity index (χ2v) is 3.35. The van der Waals surface area contributed by atoms with Crippen LogP contribution in [0.1, 0.15) is 36.8 Å². The Labute approximate surface area is 85.9 Å². The average molecular weight is 216 g/mol. The first-order valence-electron chi connectivity index (χ1n) is 4.58. The summed E-state index contributed by atoms with van der Waals surface area (Å²) in [7, 11) is 0. The molecule has 0 heterocycles. The molecule has 0 amide bonds. The van der Waals surface area contributed by atoms with Crippen LogP contribution in [0.2, 0.25) is 0 Å². The van der Waals surface area contributed by atoms with Crippen LogP contribution in [0.4, 0.5) is 13.2 Å². The highest BCUT2D eigenvalue weighted by atomic mass is 19.3. The minimum Gasteiger partial charge on any atom is -0.303 e. The van der Waals surface area contributed by atoms with E-state index in [1.54, 1.807) is 6.92 Å². The minimum atomic E-state index is -2.85. The van der Waals surface area contributed by atoms with Crippen molar-refractivity contribution in [2.45, 2.75) is 25.7 Å². The zero-order valence-electron chi connectivity index (χ0n) is 8.21. The third-order valence-corrected chi connectivity index (χ3v) is 2.29. The number of alkyl halides is 2. The van der Waals surface area contributed by atoms with Crippen molar-refractivity contribution >= 4 is 6.29 Å². The lowest BCUT2D eigenvalue weighted by Crippen LogP contribution is -2.03. The predicted octanol–water partition coefficient (Wildman–Crippen LogP) is 3.46. The lowest BCUT2D eigenvalue weighted by atomic mass is 9.93. The van der Waals surface area contributed by atoms with Gasteiger partial charge in [-0.15, -0.1) is 0 Å². The summed E-state index contributed by atoms with van der Waals surface area (Å²) in [5.74, 6) is -1.30. The van der Waals surface area contributed by atoms with Gasteiger partial charge in [0.15, 0.2) is 0 Å². The van der Waals surface area contributed by atoms with Gasteiger partial charge >= 0.3 is 0 Å². The van der Waals surface area contributed by atoms with E-state index in [1.165, 1.54) is 12.1 Å². The molecule has 0 bridgehead atoms. The molecule has 0 radical (unpaired) electrons. The van der Waals surface area contributed by atoms with Gasteiger partial charge < -0.3 is 4.79 Å².